The fourth-order valence-corrected chi connectivity index (χ4v) is 12.7. The van der Waals surface area contributed by atoms with Gasteiger partial charge in [0.25, 0.3) is 0 Å². The highest BCUT2D eigenvalue weighted by atomic mass is 28.4. The number of halogens is 1. The number of hydrogen-bond acceptors (Lipinski definition) is 16. The number of Topliss-reactive ketones (excluding diaryl/α,β-unsaturated/α-hetero) is 2. The second-order valence-corrected chi connectivity index (χ2v) is 32.9. The van der Waals surface area contributed by atoms with Crippen LogP contribution in [0.4, 0.5) is 4.70 Å². The lowest BCUT2D eigenvalue weighted by Gasteiger charge is -2.46. The number of ketones is 2. The van der Waals surface area contributed by atoms with Gasteiger partial charge >= 0.3 is 11.9 Å². The Bertz CT molecular complexity index is 2060. The van der Waals surface area contributed by atoms with Gasteiger partial charge in [-0.2, -0.15) is 0 Å². The largest absolute Gasteiger partial charge is 0.471 e. The van der Waals surface area contributed by atoms with E-state index < -0.39 is 100.0 Å². The van der Waals surface area contributed by atoms with Gasteiger partial charge in [-0.3, -0.25) is 33.5 Å². The molecular formula is C76H141FN2O16Si. The van der Waals surface area contributed by atoms with Crippen LogP contribution in [-0.2, 0) is 71.1 Å². The van der Waals surface area contributed by atoms with Crippen LogP contribution in [0.1, 0.15) is 320 Å². The van der Waals surface area contributed by atoms with Crippen molar-refractivity contribution in [1.29, 1.82) is 0 Å². The Morgan fingerprint density at radius 1 is 0.458 bits per heavy atom. The number of ether oxygens (including phenoxy) is 8. The Labute approximate surface area is 583 Å². The average molecular weight is 1390 g/mol. The number of esters is 2. The van der Waals surface area contributed by atoms with Gasteiger partial charge in [-0.05, 0) is 57.7 Å². The maximum atomic E-state index is 13.4. The minimum atomic E-state index is -2.19. The summed E-state index contributed by atoms with van der Waals surface area (Å²) in [5, 5.41) is 15.9. The van der Waals surface area contributed by atoms with Crippen molar-refractivity contribution < 1.29 is 80.9 Å². The van der Waals surface area contributed by atoms with E-state index in [1.54, 1.807) is 19.1 Å². The molecule has 20 heteroatoms. The molecule has 562 valence electrons. The minimum absolute atomic E-state index is 0. The van der Waals surface area contributed by atoms with Gasteiger partial charge in [0.2, 0.25) is 24.4 Å². The highest BCUT2D eigenvalue weighted by molar-refractivity contribution is 6.74. The first kappa shape index (κ1) is 92.2. The highest BCUT2D eigenvalue weighted by Gasteiger charge is 2.52. The Kier molecular flexibility index (Phi) is 55.6. The number of nitrogens with one attached hydrogen (secondary N) is 2. The monoisotopic (exact) mass is 1390 g/mol. The zero-order valence-electron chi connectivity index (χ0n) is 62.8. The smallest absolute Gasteiger partial charge is 0.303 e. The standard InChI is InChI=1S/C41H77NO8Si.C35H63NO8.FH/c1-10-13-15-17-19-21-22-24-26-28-34(44)31-36(45)42-37-39(46-30-27-25-23-20-18-16-14-11-2)38(49-33(4)43)35(50-40(37)47-29-12-3)32-48-51(8,9)41(5,6)7;1-5-8-10-12-14-16-17-19-21-23-29(39)26-31(40)36-32-34(41-25-22-20-18-15-13-11-9-6-2)33(43-28(4)38)30(27-37)44-35(32)42-24-7-3;/h12,29,35,37-40H,10-11,13-28,30-32H2,1-9H3,(H,42,45);7,24,30,32-35,37H,5-6,8-23,25-27H2,1-4H3,(H,36,40);1H/b29-12-;24-7-;/t35-,37-,38-,39-,40+;30-,32-,33-,34-,35+;/m11./s1. The molecule has 2 amide bonds. The predicted molar refractivity (Wildman–Crippen MR) is 384 cm³/mol. The van der Waals surface area contributed by atoms with Crippen LogP contribution >= 0.6 is 0 Å². The molecule has 3 N–H and O–H groups in total. The average Bonchev–Trinajstić information content (AvgIpc) is 0.796. The molecule has 0 radical (unpaired) electrons. The van der Waals surface area contributed by atoms with Crippen molar-refractivity contribution >= 4 is 43.6 Å². The van der Waals surface area contributed by atoms with E-state index in [0.29, 0.717) is 26.1 Å². The van der Waals surface area contributed by atoms with E-state index >= 15 is 0 Å². The lowest BCUT2D eigenvalue weighted by atomic mass is 9.95. The number of allylic oxidation sites excluding steroid dienone is 2. The Morgan fingerprint density at radius 3 is 1.06 bits per heavy atom. The zero-order chi connectivity index (χ0) is 70.5. The maximum absolute atomic E-state index is 13.4. The number of aliphatic hydroxyl groups excluding tert-OH is 1. The molecule has 96 heavy (non-hydrogen) atoms. The maximum Gasteiger partial charge on any atom is 0.303 e. The molecule has 0 aliphatic carbocycles. The number of rotatable bonds is 56. The third kappa shape index (κ3) is 43.0. The summed E-state index contributed by atoms with van der Waals surface area (Å²) < 4.78 is 55.0. The first-order chi connectivity index (χ1) is 45.6. The molecule has 0 aromatic rings. The molecule has 10 atom stereocenters. The van der Waals surface area contributed by atoms with Crippen molar-refractivity contribution in [2.75, 3.05) is 26.4 Å². The molecule has 2 aliphatic heterocycles. The molecule has 0 saturated carbocycles. The summed E-state index contributed by atoms with van der Waals surface area (Å²) in [6, 6.07) is -1.68. The molecule has 2 fully saturated rings. The van der Waals surface area contributed by atoms with Crippen LogP contribution in [0.5, 0.6) is 0 Å². The normalized spacial score (nSPS) is 21.2. The van der Waals surface area contributed by atoms with Gasteiger partial charge in [0.15, 0.2) is 20.5 Å². The number of carbonyl (C=O) groups is 6. The molecule has 0 bridgehead atoms. The quantitative estimate of drug-likeness (QED) is 0.0169. The van der Waals surface area contributed by atoms with E-state index in [2.05, 4.69) is 72.2 Å². The van der Waals surface area contributed by atoms with Gasteiger partial charge in [0, 0.05) is 39.9 Å². The molecule has 2 heterocycles. The van der Waals surface area contributed by atoms with E-state index in [9.17, 15) is 33.9 Å². The lowest BCUT2D eigenvalue weighted by Crippen LogP contribution is -2.66. The first-order valence-electron chi connectivity index (χ1n) is 37.9. The van der Waals surface area contributed by atoms with Crippen LogP contribution < -0.4 is 10.6 Å². The first-order valence-corrected chi connectivity index (χ1v) is 40.8. The Balaban J connectivity index is 0.00000188. The van der Waals surface area contributed by atoms with Gasteiger partial charge in [0.1, 0.15) is 48.1 Å². The number of hydrogen-bond donors (Lipinski definition) is 3. The Morgan fingerprint density at radius 2 is 0.760 bits per heavy atom. The SMILES string of the molecule is C/C=C\O[C@H]1O[C@H](CO)[C@@H](OC(C)=O)[C@H](OCCCCCCCCCC)[C@H]1NC(=O)CC(=O)CCCCCCCCCCC.C/C=C\O[C@H]1O[C@H](CO[Si](C)(C)C(C)(C)C)[C@@H](OC(C)=O)[C@H](OCCCCCCCCCC)[C@H]1NC(=O)CC(=O)CCCCCCCCCCC.F. The van der Waals surface area contributed by atoms with Gasteiger partial charge in [-0.25, -0.2) is 0 Å². The number of aliphatic hydroxyl groups is 1. The molecule has 0 unspecified atom stereocenters. The number of carbonyl (C=O) groups excluding carboxylic acids is 6. The zero-order valence-corrected chi connectivity index (χ0v) is 63.8. The topological polar surface area (TPSA) is 230 Å². The summed E-state index contributed by atoms with van der Waals surface area (Å²) in [5.41, 5.74) is 0. The van der Waals surface area contributed by atoms with Crippen molar-refractivity contribution in [3.63, 3.8) is 0 Å². The van der Waals surface area contributed by atoms with Gasteiger partial charge in [-0.15, -0.1) is 0 Å². The minimum Gasteiger partial charge on any atom is -0.471 e. The summed E-state index contributed by atoms with van der Waals surface area (Å²) >= 11 is 0. The predicted octanol–water partition coefficient (Wildman–Crippen LogP) is 17.3. The Hall–Kier alpha value is -3.79. The molecule has 2 aliphatic rings. The van der Waals surface area contributed by atoms with Crippen molar-refractivity contribution in [3.8, 4) is 0 Å². The summed E-state index contributed by atoms with van der Waals surface area (Å²) in [6.07, 6.45) is 38.9. The van der Waals surface area contributed by atoms with E-state index in [-0.39, 0.29) is 40.8 Å². The molecule has 0 aromatic carbocycles. The number of amides is 2. The van der Waals surface area contributed by atoms with Gasteiger partial charge in [0.05, 0.1) is 38.6 Å². The van der Waals surface area contributed by atoms with Crippen LogP contribution in [0.25, 0.3) is 0 Å². The third-order valence-corrected chi connectivity index (χ3v) is 22.8. The fourth-order valence-electron chi connectivity index (χ4n) is 11.7. The lowest BCUT2D eigenvalue weighted by molar-refractivity contribution is -0.268. The van der Waals surface area contributed by atoms with Gasteiger partial charge in [-0.1, -0.05) is 253 Å². The molecule has 0 spiro atoms. The van der Waals surface area contributed by atoms with Crippen LogP contribution in [0.2, 0.25) is 18.1 Å². The second kappa shape index (κ2) is 57.9. The molecule has 0 aromatic heterocycles. The van der Waals surface area contributed by atoms with Crippen molar-refractivity contribution in [2.24, 2.45) is 0 Å². The summed E-state index contributed by atoms with van der Waals surface area (Å²) in [7, 11) is -2.19. The van der Waals surface area contributed by atoms with Crippen molar-refractivity contribution in [1.82, 2.24) is 10.6 Å². The second-order valence-electron chi connectivity index (χ2n) is 28.1. The summed E-state index contributed by atoms with van der Waals surface area (Å²) in [5.74, 6) is -2.11. The number of unbranched alkanes of at least 4 members (excludes halogenated alkanes) is 30. The highest BCUT2D eigenvalue weighted by Crippen LogP contribution is 2.38. The molecule has 2 saturated heterocycles. The van der Waals surface area contributed by atoms with Crippen molar-refractivity contribution in [2.45, 2.75) is 400 Å². The summed E-state index contributed by atoms with van der Waals surface area (Å²) in [4.78, 5) is 76.5. The molecule has 2 rings (SSSR count). The van der Waals surface area contributed by atoms with Crippen LogP contribution in [0, 0.1) is 0 Å². The van der Waals surface area contributed by atoms with Crippen LogP contribution in [0.3, 0.4) is 0 Å². The van der Waals surface area contributed by atoms with Crippen LogP contribution in [-0.4, -0.2) is 136 Å². The van der Waals surface area contributed by atoms with E-state index in [4.69, 9.17) is 42.3 Å². The van der Waals surface area contributed by atoms with E-state index in [1.807, 2.05) is 6.92 Å². The molecule has 18 nitrogen and oxygen atoms in total. The molecular weight excluding hydrogens is 1240 g/mol. The summed E-state index contributed by atoms with van der Waals surface area (Å²) in [6.45, 7) is 26.5. The fraction of sp³-hybridized carbons (Fsp3) is 0.868. The third-order valence-electron chi connectivity index (χ3n) is 18.3. The van der Waals surface area contributed by atoms with Gasteiger partial charge < -0.3 is 58.1 Å². The van der Waals surface area contributed by atoms with E-state index in [0.717, 1.165) is 77.0 Å². The van der Waals surface area contributed by atoms with Crippen molar-refractivity contribution in [3.05, 3.63) is 24.7 Å². The van der Waals surface area contributed by atoms with Crippen LogP contribution in [0.15, 0.2) is 24.7 Å². The van der Waals surface area contributed by atoms with E-state index in [1.165, 1.54) is 168 Å².